The van der Waals surface area contributed by atoms with Crippen LogP contribution in [0.4, 0.5) is 13.2 Å². The number of hydrogen-bond donors (Lipinski definition) is 3. The molecule has 2 unspecified atom stereocenters. The number of halogens is 3. The summed E-state index contributed by atoms with van der Waals surface area (Å²) >= 11 is 3.57. The van der Waals surface area contributed by atoms with E-state index in [1.807, 2.05) is 0 Å². The first-order chi connectivity index (χ1) is 8.45. The van der Waals surface area contributed by atoms with Crippen molar-refractivity contribution in [1.82, 2.24) is 5.32 Å². The fourth-order valence-electron chi connectivity index (χ4n) is 1.50. The number of hydrogen-bond acceptors (Lipinski definition) is 5. The second-order valence-corrected chi connectivity index (χ2v) is 6.40. The van der Waals surface area contributed by atoms with Crippen LogP contribution in [0.5, 0.6) is 0 Å². The normalized spacial score (nSPS) is 23.9. The zero-order chi connectivity index (χ0) is 13.6. The van der Waals surface area contributed by atoms with E-state index in [-0.39, 0.29) is 6.54 Å². The average molecular weight is 303 g/mol. The van der Waals surface area contributed by atoms with Gasteiger partial charge in [0, 0.05) is 35.6 Å². The van der Waals surface area contributed by atoms with Crippen LogP contribution >= 0.6 is 23.5 Å². The van der Waals surface area contributed by atoms with Gasteiger partial charge in [-0.25, -0.2) is 0 Å². The highest BCUT2D eigenvalue weighted by molar-refractivity contribution is 8.06. The molecule has 0 spiro atoms. The zero-order valence-corrected chi connectivity index (χ0v) is 11.2. The molecule has 2 atom stereocenters. The number of rotatable bonds is 5. The summed E-state index contributed by atoms with van der Waals surface area (Å²) in [5.74, 6) is 0.318. The van der Waals surface area contributed by atoms with E-state index in [1.165, 1.54) is 0 Å². The first-order valence-electron chi connectivity index (χ1n) is 5.39. The summed E-state index contributed by atoms with van der Waals surface area (Å²) in [7, 11) is 0. The number of thioether (sulfide) groups is 2. The second kappa shape index (κ2) is 7.34. The van der Waals surface area contributed by atoms with Crippen LogP contribution in [0.25, 0.3) is 0 Å². The molecule has 0 aromatic carbocycles. The van der Waals surface area contributed by atoms with Crippen molar-refractivity contribution in [2.45, 2.75) is 11.4 Å². The molecule has 1 aliphatic heterocycles. The molecule has 1 aliphatic rings. The van der Waals surface area contributed by atoms with E-state index in [1.54, 1.807) is 23.5 Å². The molecule has 1 rings (SSSR count). The molecule has 1 heterocycles. The van der Waals surface area contributed by atoms with E-state index in [4.69, 9.17) is 10.9 Å². The summed E-state index contributed by atoms with van der Waals surface area (Å²) in [4.78, 5) is 0. The maximum Gasteiger partial charge on any atom is 0.400 e. The third-order valence-corrected chi connectivity index (χ3v) is 5.32. The van der Waals surface area contributed by atoms with Crippen LogP contribution < -0.4 is 11.1 Å². The largest absolute Gasteiger partial charge is 0.409 e. The first kappa shape index (κ1) is 15.8. The lowest BCUT2D eigenvalue weighted by atomic mass is 10.1. The topological polar surface area (TPSA) is 70.6 Å². The Morgan fingerprint density at radius 3 is 2.72 bits per heavy atom. The lowest BCUT2D eigenvalue weighted by Crippen LogP contribution is -2.44. The highest BCUT2D eigenvalue weighted by Gasteiger charge is 2.42. The summed E-state index contributed by atoms with van der Waals surface area (Å²) < 4.78 is 37.8. The Labute approximate surface area is 112 Å². The number of nitrogens with two attached hydrogens (primary N) is 1. The molecule has 9 heteroatoms. The summed E-state index contributed by atoms with van der Waals surface area (Å²) in [5, 5.41) is 13.9. The van der Waals surface area contributed by atoms with Gasteiger partial charge in [0.15, 0.2) is 5.84 Å². The van der Waals surface area contributed by atoms with Crippen LogP contribution in [0.3, 0.4) is 0 Å². The van der Waals surface area contributed by atoms with Gasteiger partial charge in [-0.1, -0.05) is 5.16 Å². The Kier molecular flexibility index (Phi) is 6.44. The molecule has 1 saturated heterocycles. The Morgan fingerprint density at radius 2 is 2.22 bits per heavy atom. The smallest absolute Gasteiger partial charge is 0.400 e. The van der Waals surface area contributed by atoms with Crippen molar-refractivity contribution in [2.24, 2.45) is 16.8 Å². The van der Waals surface area contributed by atoms with Crippen molar-refractivity contribution in [2.75, 3.05) is 30.3 Å². The van der Waals surface area contributed by atoms with Gasteiger partial charge in [-0.2, -0.15) is 36.7 Å². The maximum absolute atomic E-state index is 12.6. The van der Waals surface area contributed by atoms with E-state index in [0.717, 1.165) is 17.3 Å². The molecule has 0 aliphatic carbocycles. The van der Waals surface area contributed by atoms with Gasteiger partial charge in [0.1, 0.15) is 5.92 Å². The molecule has 0 aromatic rings. The van der Waals surface area contributed by atoms with E-state index in [9.17, 15) is 13.2 Å². The van der Waals surface area contributed by atoms with Crippen LogP contribution in [-0.4, -0.2) is 52.8 Å². The molecule has 1 fully saturated rings. The highest BCUT2D eigenvalue weighted by Crippen LogP contribution is 2.26. The monoisotopic (exact) mass is 303 g/mol. The quantitative estimate of drug-likeness (QED) is 0.309. The van der Waals surface area contributed by atoms with Gasteiger partial charge in [-0.05, 0) is 0 Å². The SMILES string of the molecule is NC(=NO)C(CNCC1CSCCS1)C(F)(F)F. The lowest BCUT2D eigenvalue weighted by Gasteiger charge is -2.23. The van der Waals surface area contributed by atoms with Crippen LogP contribution in [0.2, 0.25) is 0 Å². The second-order valence-electron chi connectivity index (χ2n) is 3.85. The van der Waals surface area contributed by atoms with E-state index >= 15 is 0 Å². The average Bonchev–Trinajstić information content (AvgIpc) is 2.33. The molecule has 18 heavy (non-hydrogen) atoms. The molecule has 106 valence electrons. The van der Waals surface area contributed by atoms with Crippen molar-refractivity contribution < 1.29 is 18.4 Å². The summed E-state index contributed by atoms with van der Waals surface area (Å²) in [6.45, 7) is 0.143. The van der Waals surface area contributed by atoms with E-state index in [2.05, 4.69) is 10.5 Å². The molecule has 4 nitrogen and oxygen atoms in total. The number of amidine groups is 1. The van der Waals surface area contributed by atoms with Crippen molar-refractivity contribution in [3.05, 3.63) is 0 Å². The number of oxime groups is 1. The molecule has 0 saturated carbocycles. The fourth-order valence-corrected chi connectivity index (χ4v) is 4.15. The number of nitrogens with zero attached hydrogens (tertiary/aromatic N) is 1. The summed E-state index contributed by atoms with van der Waals surface area (Å²) in [6.07, 6.45) is -4.50. The van der Waals surface area contributed by atoms with Gasteiger partial charge in [0.25, 0.3) is 0 Å². The predicted molar refractivity (Wildman–Crippen MR) is 69.4 cm³/mol. The van der Waals surface area contributed by atoms with Gasteiger partial charge in [-0.15, -0.1) is 0 Å². The van der Waals surface area contributed by atoms with Gasteiger partial charge in [0.2, 0.25) is 0 Å². The number of alkyl halides is 3. The predicted octanol–water partition coefficient (Wildman–Crippen LogP) is 1.35. The molecule has 0 amide bonds. The van der Waals surface area contributed by atoms with Crippen molar-refractivity contribution in [1.29, 1.82) is 0 Å². The molecular formula is C9H16F3N3OS2. The third-order valence-electron chi connectivity index (χ3n) is 2.47. The van der Waals surface area contributed by atoms with Crippen LogP contribution in [0, 0.1) is 5.92 Å². The van der Waals surface area contributed by atoms with Gasteiger partial charge in [-0.3, -0.25) is 0 Å². The molecular weight excluding hydrogens is 287 g/mol. The first-order valence-corrected chi connectivity index (χ1v) is 7.59. The highest BCUT2D eigenvalue weighted by atomic mass is 32.2. The lowest BCUT2D eigenvalue weighted by molar-refractivity contribution is -0.154. The van der Waals surface area contributed by atoms with Crippen LogP contribution in [0.15, 0.2) is 5.16 Å². The molecule has 0 bridgehead atoms. The standard InChI is InChI=1S/C9H16F3N3OS2/c10-9(11,12)7(8(13)15-16)4-14-3-6-5-17-1-2-18-6/h6-7,14,16H,1-5H2,(H2,13,15). The van der Waals surface area contributed by atoms with Crippen LogP contribution in [-0.2, 0) is 0 Å². The minimum Gasteiger partial charge on any atom is -0.409 e. The summed E-state index contributed by atoms with van der Waals surface area (Å²) in [6, 6.07) is 0. The minimum atomic E-state index is -4.50. The van der Waals surface area contributed by atoms with Crippen molar-refractivity contribution in [3.63, 3.8) is 0 Å². The van der Waals surface area contributed by atoms with Gasteiger partial charge in [0.05, 0.1) is 0 Å². The Bertz CT molecular complexity index is 283. The summed E-state index contributed by atoms with van der Waals surface area (Å²) in [5.41, 5.74) is 5.05. The van der Waals surface area contributed by atoms with Crippen molar-refractivity contribution in [3.8, 4) is 0 Å². The fraction of sp³-hybridized carbons (Fsp3) is 0.889. The molecule has 0 aromatic heterocycles. The van der Waals surface area contributed by atoms with Crippen molar-refractivity contribution >= 4 is 29.4 Å². The minimum absolute atomic E-state index is 0.324. The Morgan fingerprint density at radius 1 is 1.50 bits per heavy atom. The number of nitrogens with one attached hydrogen (secondary N) is 1. The Balaban J connectivity index is 2.37. The zero-order valence-electron chi connectivity index (χ0n) is 9.61. The van der Waals surface area contributed by atoms with E-state index in [0.29, 0.717) is 11.8 Å². The Hall–Kier alpha value is -0.280. The molecule has 4 N–H and O–H groups in total. The van der Waals surface area contributed by atoms with Gasteiger partial charge >= 0.3 is 6.18 Å². The maximum atomic E-state index is 12.6. The molecule has 0 radical (unpaired) electrons. The van der Waals surface area contributed by atoms with Crippen LogP contribution in [0.1, 0.15) is 0 Å². The third kappa shape index (κ3) is 5.15. The van der Waals surface area contributed by atoms with Gasteiger partial charge < -0.3 is 16.3 Å². The van der Waals surface area contributed by atoms with E-state index < -0.39 is 17.9 Å².